The third-order valence-corrected chi connectivity index (χ3v) is 3.92. The van der Waals surface area contributed by atoms with Crippen molar-refractivity contribution in [1.29, 1.82) is 0 Å². The van der Waals surface area contributed by atoms with Crippen molar-refractivity contribution in [3.05, 3.63) is 48.5 Å². The molecule has 6 nitrogen and oxygen atoms in total. The lowest BCUT2D eigenvalue weighted by atomic mass is 10.0. The van der Waals surface area contributed by atoms with E-state index in [-0.39, 0.29) is 0 Å². The Balaban J connectivity index is 1.62. The van der Waals surface area contributed by atoms with Crippen LogP contribution < -0.4 is 4.74 Å². The van der Waals surface area contributed by atoms with Crippen LogP contribution in [0.3, 0.4) is 0 Å². The monoisotopic (exact) mass is 311 g/mol. The number of aromatic nitrogens is 3. The van der Waals surface area contributed by atoms with Gasteiger partial charge in [-0.3, -0.25) is 4.98 Å². The lowest BCUT2D eigenvalue weighted by Crippen LogP contribution is -2.52. The van der Waals surface area contributed by atoms with E-state index in [2.05, 4.69) is 9.97 Å². The Labute approximate surface area is 133 Å². The van der Waals surface area contributed by atoms with Crippen molar-refractivity contribution in [3.63, 3.8) is 0 Å². The smallest absolute Gasteiger partial charge is 0.145 e. The number of ether oxygens (including phenoxy) is 2. The molecule has 1 saturated heterocycles. The molecule has 1 N–H and O–H groups in total. The quantitative estimate of drug-likeness (QED) is 0.800. The molecule has 3 aromatic rings. The highest BCUT2D eigenvalue weighted by Crippen LogP contribution is 2.27. The van der Waals surface area contributed by atoms with Crippen LogP contribution in [0.25, 0.3) is 11.0 Å². The summed E-state index contributed by atoms with van der Waals surface area (Å²) in [5.41, 5.74) is 1.93. The molecule has 0 unspecified atom stereocenters. The van der Waals surface area contributed by atoms with Crippen LogP contribution in [0.15, 0.2) is 42.9 Å². The van der Waals surface area contributed by atoms with Crippen molar-refractivity contribution in [3.8, 4) is 11.5 Å². The van der Waals surface area contributed by atoms with Gasteiger partial charge >= 0.3 is 0 Å². The minimum Gasteiger partial charge on any atom is -0.456 e. The highest BCUT2D eigenvalue weighted by molar-refractivity contribution is 5.77. The maximum absolute atomic E-state index is 10.3. The number of hydrogen-bond acceptors (Lipinski definition) is 5. The molecule has 0 bridgehead atoms. The van der Waals surface area contributed by atoms with Crippen molar-refractivity contribution < 1.29 is 14.6 Å². The standard InChI is InChI=1S/C17H17N3O3/c1-12-2-3-14(7-18-12)23-13-4-5-15-16(6-13)20(11-19-15)8-17(21)9-22-10-17/h2-7,11,21H,8-10H2,1H3. The van der Waals surface area contributed by atoms with Crippen molar-refractivity contribution in [1.82, 2.24) is 14.5 Å². The van der Waals surface area contributed by atoms with Gasteiger partial charge < -0.3 is 19.1 Å². The lowest BCUT2D eigenvalue weighted by Gasteiger charge is -2.36. The molecule has 118 valence electrons. The molecular formula is C17H17N3O3. The van der Waals surface area contributed by atoms with Gasteiger partial charge in [-0.05, 0) is 31.2 Å². The number of hydrogen-bond donors (Lipinski definition) is 1. The van der Waals surface area contributed by atoms with Gasteiger partial charge in [0.05, 0.1) is 43.3 Å². The number of aryl methyl sites for hydroxylation is 1. The molecule has 0 saturated carbocycles. The number of nitrogens with zero attached hydrogens (tertiary/aromatic N) is 3. The van der Waals surface area contributed by atoms with Crippen LogP contribution >= 0.6 is 0 Å². The molecule has 1 fully saturated rings. The Morgan fingerprint density at radius 2 is 2.04 bits per heavy atom. The summed E-state index contributed by atoms with van der Waals surface area (Å²) in [6.45, 7) is 3.11. The lowest BCUT2D eigenvalue weighted by molar-refractivity contribution is -0.184. The third-order valence-electron chi connectivity index (χ3n) is 3.92. The first kappa shape index (κ1) is 14.2. The summed E-state index contributed by atoms with van der Waals surface area (Å²) < 4.78 is 12.9. The average Bonchev–Trinajstić information content (AvgIpc) is 2.90. The first-order chi connectivity index (χ1) is 11.1. The summed E-state index contributed by atoms with van der Waals surface area (Å²) >= 11 is 0. The highest BCUT2D eigenvalue weighted by atomic mass is 16.5. The Hall–Kier alpha value is -2.44. The van der Waals surface area contributed by atoms with E-state index in [9.17, 15) is 5.11 Å². The van der Waals surface area contributed by atoms with E-state index in [1.807, 2.05) is 41.8 Å². The minimum atomic E-state index is -0.800. The maximum Gasteiger partial charge on any atom is 0.145 e. The van der Waals surface area contributed by atoms with Gasteiger partial charge in [0.15, 0.2) is 0 Å². The van der Waals surface area contributed by atoms with Crippen LogP contribution in [0.1, 0.15) is 5.69 Å². The second-order valence-electron chi connectivity index (χ2n) is 5.98. The van der Waals surface area contributed by atoms with E-state index < -0.39 is 5.60 Å². The molecule has 3 heterocycles. The largest absolute Gasteiger partial charge is 0.456 e. The van der Waals surface area contributed by atoms with Crippen LogP contribution in [-0.4, -0.2) is 38.5 Å². The van der Waals surface area contributed by atoms with Gasteiger partial charge in [-0.1, -0.05) is 0 Å². The number of benzene rings is 1. The molecule has 0 spiro atoms. The average molecular weight is 311 g/mol. The Morgan fingerprint density at radius 3 is 2.74 bits per heavy atom. The second-order valence-corrected chi connectivity index (χ2v) is 5.98. The zero-order chi connectivity index (χ0) is 15.9. The van der Waals surface area contributed by atoms with Gasteiger partial charge in [-0.25, -0.2) is 4.98 Å². The van der Waals surface area contributed by atoms with E-state index in [4.69, 9.17) is 9.47 Å². The molecule has 6 heteroatoms. The predicted molar refractivity (Wildman–Crippen MR) is 84.5 cm³/mol. The van der Waals surface area contributed by atoms with Gasteiger partial charge in [-0.2, -0.15) is 0 Å². The van der Waals surface area contributed by atoms with Gasteiger partial charge in [0.1, 0.15) is 17.1 Å². The molecule has 4 rings (SSSR count). The first-order valence-electron chi connectivity index (χ1n) is 7.47. The molecule has 1 aliphatic rings. The number of pyridine rings is 1. The number of fused-ring (bicyclic) bond motifs is 1. The van der Waals surface area contributed by atoms with Gasteiger partial charge in [0, 0.05) is 11.8 Å². The zero-order valence-electron chi connectivity index (χ0n) is 12.8. The Kier molecular flexibility index (Phi) is 3.28. The Bertz CT molecular complexity index is 838. The van der Waals surface area contributed by atoms with Crippen molar-refractivity contribution in [2.45, 2.75) is 19.1 Å². The van der Waals surface area contributed by atoms with Gasteiger partial charge in [-0.15, -0.1) is 0 Å². The molecule has 0 aliphatic carbocycles. The SMILES string of the molecule is Cc1ccc(Oc2ccc3ncn(CC4(O)COC4)c3c2)cn1. The first-order valence-corrected chi connectivity index (χ1v) is 7.47. The zero-order valence-corrected chi connectivity index (χ0v) is 12.8. The summed E-state index contributed by atoms with van der Waals surface area (Å²) in [5.74, 6) is 1.40. The topological polar surface area (TPSA) is 69.4 Å². The fourth-order valence-corrected chi connectivity index (χ4v) is 2.62. The fourth-order valence-electron chi connectivity index (χ4n) is 2.62. The minimum absolute atomic E-state index is 0.359. The molecule has 1 aliphatic heterocycles. The van der Waals surface area contributed by atoms with Crippen LogP contribution in [-0.2, 0) is 11.3 Å². The van der Waals surface area contributed by atoms with E-state index in [1.165, 1.54) is 0 Å². The van der Waals surface area contributed by atoms with Crippen molar-refractivity contribution in [2.24, 2.45) is 0 Å². The van der Waals surface area contributed by atoms with Gasteiger partial charge in [0.2, 0.25) is 0 Å². The molecule has 0 radical (unpaired) electrons. The summed E-state index contributed by atoms with van der Waals surface area (Å²) in [6.07, 6.45) is 3.43. The molecule has 0 atom stereocenters. The van der Waals surface area contributed by atoms with Crippen LogP contribution in [0.4, 0.5) is 0 Å². The maximum atomic E-state index is 10.3. The summed E-state index contributed by atoms with van der Waals surface area (Å²) in [5, 5.41) is 10.3. The molecule has 0 amide bonds. The summed E-state index contributed by atoms with van der Waals surface area (Å²) in [7, 11) is 0. The molecule has 23 heavy (non-hydrogen) atoms. The summed E-state index contributed by atoms with van der Waals surface area (Å²) in [6, 6.07) is 9.50. The number of rotatable bonds is 4. The molecule has 1 aromatic carbocycles. The summed E-state index contributed by atoms with van der Waals surface area (Å²) in [4.78, 5) is 8.59. The number of imidazole rings is 1. The fraction of sp³-hybridized carbons (Fsp3) is 0.294. The highest BCUT2D eigenvalue weighted by Gasteiger charge is 2.36. The predicted octanol–water partition coefficient (Wildman–Crippen LogP) is 2.29. The van der Waals surface area contributed by atoms with Crippen molar-refractivity contribution in [2.75, 3.05) is 13.2 Å². The van der Waals surface area contributed by atoms with E-state index in [0.717, 1.165) is 16.7 Å². The molecule has 2 aromatic heterocycles. The second kappa shape index (κ2) is 5.33. The third kappa shape index (κ3) is 2.78. The normalized spacial score (nSPS) is 16.3. The Morgan fingerprint density at radius 1 is 1.22 bits per heavy atom. The molecular weight excluding hydrogens is 294 g/mol. The number of aliphatic hydroxyl groups is 1. The van der Waals surface area contributed by atoms with E-state index >= 15 is 0 Å². The van der Waals surface area contributed by atoms with Gasteiger partial charge in [0.25, 0.3) is 0 Å². The van der Waals surface area contributed by atoms with E-state index in [1.54, 1.807) is 12.5 Å². The van der Waals surface area contributed by atoms with Crippen LogP contribution in [0.5, 0.6) is 11.5 Å². The van der Waals surface area contributed by atoms with Crippen LogP contribution in [0, 0.1) is 6.92 Å². The van der Waals surface area contributed by atoms with Crippen molar-refractivity contribution >= 4 is 11.0 Å². The van der Waals surface area contributed by atoms with Crippen LogP contribution in [0.2, 0.25) is 0 Å². The van der Waals surface area contributed by atoms with E-state index in [0.29, 0.717) is 31.3 Å².